The van der Waals surface area contributed by atoms with Gasteiger partial charge in [-0.1, -0.05) is 328 Å². The first-order chi connectivity index (χ1) is 39.6. The quantitative estimate of drug-likeness (QED) is 0.0373. The number of ether oxygens (including phenoxy) is 2. The molecule has 5 heteroatoms. The maximum atomic E-state index is 12.4. The van der Waals surface area contributed by atoms with Crippen molar-refractivity contribution >= 4 is 11.9 Å². The molecule has 0 aliphatic rings. The molecule has 0 bridgehead atoms. The SMILES string of the molecule is CC/C=C\C/C=C\C/C=C\C/C=C\C/C=C\C/C=C\CCCCCCCCCCCCCCCCCCCCCCCCC(=O)OC(CO)COC(=O)CCCCCCCCCCCCCC/C=C\C/C=C\C/C=C\C/C=C\CC. The van der Waals surface area contributed by atoms with Gasteiger partial charge in [0.25, 0.3) is 0 Å². The highest BCUT2D eigenvalue weighted by molar-refractivity contribution is 5.70. The summed E-state index contributed by atoms with van der Waals surface area (Å²) in [7, 11) is 0. The Balaban J connectivity index is 3.44. The Morgan fingerprint density at radius 1 is 0.287 bits per heavy atom. The lowest BCUT2D eigenvalue weighted by Crippen LogP contribution is -2.28. The molecule has 0 aliphatic heterocycles. The number of hydrogen-bond donors (Lipinski definition) is 1. The van der Waals surface area contributed by atoms with E-state index in [4.69, 9.17) is 9.47 Å². The van der Waals surface area contributed by atoms with E-state index in [9.17, 15) is 14.7 Å². The first kappa shape index (κ1) is 76.3. The van der Waals surface area contributed by atoms with Crippen molar-refractivity contribution in [3.63, 3.8) is 0 Å². The van der Waals surface area contributed by atoms with Gasteiger partial charge in [0.05, 0.1) is 6.61 Å². The molecule has 0 aromatic carbocycles. The van der Waals surface area contributed by atoms with E-state index in [0.29, 0.717) is 12.8 Å². The minimum Gasteiger partial charge on any atom is -0.462 e. The van der Waals surface area contributed by atoms with Gasteiger partial charge in [0.15, 0.2) is 6.10 Å². The molecule has 0 aliphatic carbocycles. The van der Waals surface area contributed by atoms with Gasteiger partial charge >= 0.3 is 11.9 Å². The Labute approximate surface area is 496 Å². The van der Waals surface area contributed by atoms with Crippen LogP contribution in [0.1, 0.15) is 322 Å². The van der Waals surface area contributed by atoms with Gasteiger partial charge in [-0.25, -0.2) is 0 Å². The Bertz CT molecular complexity index is 1590. The topological polar surface area (TPSA) is 72.8 Å². The van der Waals surface area contributed by atoms with Gasteiger partial charge in [0.1, 0.15) is 6.61 Å². The van der Waals surface area contributed by atoms with Gasteiger partial charge in [-0.3, -0.25) is 9.59 Å². The number of aliphatic hydroxyl groups is 1. The number of hydrogen-bond acceptors (Lipinski definition) is 5. The minimum atomic E-state index is -0.778. The zero-order valence-corrected chi connectivity index (χ0v) is 52.6. The Kier molecular flexibility index (Phi) is 66.4. The van der Waals surface area contributed by atoms with Crippen molar-refractivity contribution in [1.29, 1.82) is 0 Å². The van der Waals surface area contributed by atoms with Crippen LogP contribution in [-0.4, -0.2) is 36.4 Å². The van der Waals surface area contributed by atoms with E-state index < -0.39 is 6.10 Å². The van der Waals surface area contributed by atoms with Gasteiger partial charge in [-0.2, -0.15) is 0 Å². The van der Waals surface area contributed by atoms with Gasteiger partial charge < -0.3 is 14.6 Å². The molecule has 80 heavy (non-hydrogen) atoms. The molecule has 458 valence electrons. The Morgan fingerprint density at radius 3 is 0.750 bits per heavy atom. The van der Waals surface area contributed by atoms with Crippen molar-refractivity contribution < 1.29 is 24.2 Å². The van der Waals surface area contributed by atoms with Crippen LogP contribution in [-0.2, 0) is 19.1 Å². The second-order valence-corrected chi connectivity index (χ2v) is 22.5. The van der Waals surface area contributed by atoms with E-state index in [1.807, 2.05) is 0 Å². The lowest BCUT2D eigenvalue weighted by molar-refractivity contribution is -0.161. The number of esters is 2. The van der Waals surface area contributed by atoms with Gasteiger partial charge in [0, 0.05) is 12.8 Å². The number of allylic oxidation sites excluding steroid dienone is 20. The van der Waals surface area contributed by atoms with Gasteiger partial charge in [-0.05, 0) is 103 Å². The summed E-state index contributed by atoms with van der Waals surface area (Å²) in [5, 5.41) is 9.70. The number of aliphatic hydroxyl groups excluding tert-OH is 1. The van der Waals surface area contributed by atoms with Crippen molar-refractivity contribution in [3.05, 3.63) is 122 Å². The van der Waals surface area contributed by atoms with Crippen LogP contribution in [0.5, 0.6) is 0 Å². The maximum absolute atomic E-state index is 12.4. The van der Waals surface area contributed by atoms with E-state index in [1.54, 1.807) is 0 Å². The normalized spacial score (nSPS) is 13.0. The first-order valence-corrected chi connectivity index (χ1v) is 34.1. The van der Waals surface area contributed by atoms with E-state index in [-0.39, 0.29) is 25.2 Å². The summed E-state index contributed by atoms with van der Waals surface area (Å²) in [6.07, 6.45) is 102. The van der Waals surface area contributed by atoms with Crippen molar-refractivity contribution in [2.75, 3.05) is 13.2 Å². The van der Waals surface area contributed by atoms with Crippen LogP contribution in [0.3, 0.4) is 0 Å². The van der Waals surface area contributed by atoms with Crippen molar-refractivity contribution in [1.82, 2.24) is 0 Å². The fraction of sp³-hybridized carbons (Fsp3) is 0.707. The summed E-state index contributed by atoms with van der Waals surface area (Å²) in [5.74, 6) is -0.583. The number of rotatable bonds is 62. The van der Waals surface area contributed by atoms with Crippen LogP contribution in [0.25, 0.3) is 0 Å². The molecular weight excluding hydrogens is 981 g/mol. The second-order valence-electron chi connectivity index (χ2n) is 22.5. The summed E-state index contributed by atoms with van der Waals surface area (Å²) in [6.45, 7) is 3.94. The van der Waals surface area contributed by atoms with Crippen LogP contribution in [0.4, 0.5) is 0 Å². The van der Waals surface area contributed by atoms with Gasteiger partial charge in [-0.15, -0.1) is 0 Å². The van der Waals surface area contributed by atoms with Gasteiger partial charge in [0.2, 0.25) is 0 Å². The summed E-state index contributed by atoms with van der Waals surface area (Å²) in [5.41, 5.74) is 0. The summed E-state index contributed by atoms with van der Waals surface area (Å²) in [6, 6.07) is 0. The third-order valence-electron chi connectivity index (χ3n) is 14.8. The maximum Gasteiger partial charge on any atom is 0.306 e. The molecule has 1 unspecified atom stereocenters. The molecule has 0 saturated heterocycles. The lowest BCUT2D eigenvalue weighted by atomic mass is 10.0. The highest BCUT2D eigenvalue weighted by Crippen LogP contribution is 2.18. The average molecular weight is 1110 g/mol. The van der Waals surface area contributed by atoms with Crippen LogP contribution in [0.15, 0.2) is 122 Å². The van der Waals surface area contributed by atoms with Crippen molar-refractivity contribution in [3.8, 4) is 0 Å². The van der Waals surface area contributed by atoms with E-state index >= 15 is 0 Å². The van der Waals surface area contributed by atoms with Crippen LogP contribution in [0.2, 0.25) is 0 Å². The summed E-state index contributed by atoms with van der Waals surface area (Å²) < 4.78 is 10.8. The highest BCUT2D eigenvalue weighted by atomic mass is 16.6. The van der Waals surface area contributed by atoms with Crippen LogP contribution in [0, 0.1) is 0 Å². The average Bonchev–Trinajstić information content (AvgIpc) is 3.46. The van der Waals surface area contributed by atoms with Crippen molar-refractivity contribution in [2.24, 2.45) is 0 Å². The molecule has 0 amide bonds. The highest BCUT2D eigenvalue weighted by Gasteiger charge is 2.16. The van der Waals surface area contributed by atoms with Crippen LogP contribution >= 0.6 is 0 Å². The zero-order chi connectivity index (χ0) is 57.6. The summed E-state index contributed by atoms with van der Waals surface area (Å²) in [4.78, 5) is 24.6. The molecule has 0 radical (unpaired) electrons. The van der Waals surface area contributed by atoms with Crippen LogP contribution < -0.4 is 0 Å². The molecule has 1 atom stereocenters. The first-order valence-electron chi connectivity index (χ1n) is 34.1. The molecule has 1 N–H and O–H groups in total. The van der Waals surface area contributed by atoms with E-state index in [2.05, 4.69) is 135 Å². The molecule has 0 heterocycles. The third-order valence-corrected chi connectivity index (χ3v) is 14.8. The fourth-order valence-electron chi connectivity index (χ4n) is 9.73. The number of carbonyl (C=O) groups excluding carboxylic acids is 2. The Morgan fingerprint density at radius 2 is 0.500 bits per heavy atom. The molecule has 0 rings (SSSR count). The molecule has 0 aromatic rings. The van der Waals surface area contributed by atoms with E-state index in [0.717, 1.165) is 103 Å². The fourth-order valence-corrected chi connectivity index (χ4v) is 9.73. The molecule has 0 fully saturated rings. The monoisotopic (exact) mass is 1110 g/mol. The molecule has 0 spiro atoms. The number of unbranched alkanes of at least 4 members (excludes halogenated alkanes) is 34. The predicted molar refractivity (Wildman–Crippen MR) is 352 cm³/mol. The minimum absolute atomic E-state index is 0.0680. The third kappa shape index (κ3) is 66.8. The largest absolute Gasteiger partial charge is 0.462 e. The summed E-state index contributed by atoms with van der Waals surface area (Å²) >= 11 is 0. The Hall–Kier alpha value is -3.70. The number of carbonyl (C=O) groups is 2. The zero-order valence-electron chi connectivity index (χ0n) is 52.6. The molecule has 0 saturated carbocycles. The smallest absolute Gasteiger partial charge is 0.306 e. The predicted octanol–water partition coefficient (Wildman–Crippen LogP) is 23.8. The second kappa shape index (κ2) is 69.6. The lowest BCUT2D eigenvalue weighted by Gasteiger charge is -2.15. The van der Waals surface area contributed by atoms with E-state index in [1.165, 1.54) is 193 Å². The molecule has 0 aromatic heterocycles. The molecule has 5 nitrogen and oxygen atoms in total. The standard InChI is InChI=1S/C75H128O5/c1-3-5-7-9-11-13-15-17-19-21-23-25-27-29-30-31-32-33-34-35-36-37-38-39-40-41-42-43-44-46-48-50-52-54-56-58-60-62-64-66-68-70-75(78)80-73(71-76)72-79-74(77)69-67-65-63-61-59-57-55-53-51-49-47-45-28-26-24-22-20-18-16-14-12-10-8-6-4-2/h5-8,11-14,17-20,23-26,29-30,32-33,73,76H,3-4,9-10,15-16,21-22,27-28,31,34-72H2,1-2H3/b7-5-,8-6-,13-11-,14-12-,19-17-,20-18-,25-23-,26-24-,30-29-,33-32-. The molecular formula is C75H128O5. The van der Waals surface area contributed by atoms with Crippen molar-refractivity contribution in [2.45, 2.75) is 328 Å².